The maximum Gasteiger partial charge on any atom is 0.337 e. The fraction of sp³-hybridized carbons (Fsp3) is 0.111. The predicted octanol–water partition coefficient (Wildman–Crippen LogP) is 2.33. The Kier molecular flexibility index (Phi) is 3.26. The van der Waals surface area contributed by atoms with E-state index in [0.717, 1.165) is 0 Å². The number of halogens is 1. The molecule has 0 aromatic heterocycles. The molecule has 2 N–H and O–H groups in total. The third-order valence-electron chi connectivity index (χ3n) is 1.94. The van der Waals surface area contributed by atoms with Crippen molar-refractivity contribution >= 4 is 36.2 Å². The molecule has 0 saturated carbocycles. The molecule has 0 spiro atoms. The Labute approximate surface area is 95.9 Å². The number of carbonyl (C=O) groups is 2. The minimum atomic E-state index is -1.26. The van der Waals surface area contributed by atoms with E-state index in [-0.39, 0.29) is 21.0 Å². The van der Waals surface area contributed by atoms with Crippen molar-refractivity contribution in [3.63, 3.8) is 0 Å². The van der Waals surface area contributed by atoms with Crippen LogP contribution in [-0.4, -0.2) is 22.2 Å². The number of rotatable bonds is 2. The largest absolute Gasteiger partial charge is 0.478 e. The van der Waals surface area contributed by atoms with Crippen molar-refractivity contribution in [3.05, 3.63) is 27.8 Å². The Morgan fingerprint density at radius 2 is 1.87 bits per heavy atom. The van der Waals surface area contributed by atoms with Gasteiger partial charge in [-0.3, -0.25) is 0 Å². The van der Waals surface area contributed by atoms with Gasteiger partial charge in [0, 0.05) is 9.92 Å². The molecule has 0 fully saturated rings. The Hall–Kier alpha value is -1.20. The lowest BCUT2D eigenvalue weighted by molar-refractivity contribution is 0.0690. The van der Waals surface area contributed by atoms with Gasteiger partial charge in [-0.15, -0.1) is 12.6 Å². The topological polar surface area (TPSA) is 74.6 Å². The molecule has 0 aliphatic carbocycles. The van der Waals surface area contributed by atoms with E-state index >= 15 is 0 Å². The van der Waals surface area contributed by atoms with Crippen LogP contribution < -0.4 is 0 Å². The van der Waals surface area contributed by atoms with Gasteiger partial charge in [-0.25, -0.2) is 9.59 Å². The molecule has 0 aliphatic heterocycles. The van der Waals surface area contributed by atoms with Gasteiger partial charge in [0.25, 0.3) is 0 Å². The summed E-state index contributed by atoms with van der Waals surface area (Å²) >= 11 is 9.61. The van der Waals surface area contributed by atoms with Crippen molar-refractivity contribution in [3.8, 4) is 0 Å². The summed E-state index contributed by atoms with van der Waals surface area (Å²) in [6, 6.07) is 1.19. The summed E-state index contributed by atoms with van der Waals surface area (Å²) in [4.78, 5) is 21.5. The van der Waals surface area contributed by atoms with Crippen molar-refractivity contribution in [2.24, 2.45) is 0 Å². The SMILES string of the molecule is Cc1c(Cl)cc(C(=O)O)c(S)c1C(=O)O. The first-order chi connectivity index (χ1) is 6.86. The molecule has 4 nitrogen and oxygen atoms in total. The number of carboxylic acids is 2. The van der Waals surface area contributed by atoms with Gasteiger partial charge >= 0.3 is 11.9 Å². The van der Waals surface area contributed by atoms with Crippen molar-refractivity contribution in [2.75, 3.05) is 0 Å². The van der Waals surface area contributed by atoms with Crippen LogP contribution in [0.1, 0.15) is 26.3 Å². The van der Waals surface area contributed by atoms with E-state index in [0.29, 0.717) is 5.56 Å². The van der Waals surface area contributed by atoms with Crippen LogP contribution in [0.15, 0.2) is 11.0 Å². The Balaban J connectivity index is 3.63. The number of hydrogen-bond acceptors (Lipinski definition) is 3. The summed E-state index contributed by atoms with van der Waals surface area (Å²) < 4.78 is 0. The molecule has 0 amide bonds. The van der Waals surface area contributed by atoms with Crippen molar-refractivity contribution in [1.82, 2.24) is 0 Å². The lowest BCUT2D eigenvalue weighted by Crippen LogP contribution is -2.08. The van der Waals surface area contributed by atoms with Gasteiger partial charge in [-0.1, -0.05) is 11.6 Å². The summed E-state index contributed by atoms with van der Waals surface area (Å²) in [5, 5.41) is 17.8. The quantitative estimate of drug-likeness (QED) is 0.700. The van der Waals surface area contributed by atoms with E-state index in [1.165, 1.54) is 13.0 Å². The fourth-order valence-electron chi connectivity index (χ4n) is 1.16. The number of thiol groups is 1. The number of carboxylic acid groups (broad SMARTS) is 2. The molecule has 1 aromatic carbocycles. The van der Waals surface area contributed by atoms with E-state index in [9.17, 15) is 9.59 Å². The second kappa shape index (κ2) is 4.12. The Morgan fingerprint density at radius 3 is 2.27 bits per heavy atom. The van der Waals surface area contributed by atoms with Crippen LogP contribution in [0.4, 0.5) is 0 Å². The molecule has 1 rings (SSSR count). The van der Waals surface area contributed by atoms with Crippen LogP contribution in [0.2, 0.25) is 5.02 Å². The first kappa shape index (κ1) is 11.9. The van der Waals surface area contributed by atoms with Crippen LogP contribution in [-0.2, 0) is 0 Å². The van der Waals surface area contributed by atoms with E-state index in [2.05, 4.69) is 12.6 Å². The minimum Gasteiger partial charge on any atom is -0.478 e. The van der Waals surface area contributed by atoms with Crippen LogP contribution in [0.25, 0.3) is 0 Å². The molecular weight excluding hydrogens is 240 g/mol. The zero-order valence-corrected chi connectivity index (χ0v) is 9.26. The molecule has 1 aromatic rings. The summed E-state index contributed by atoms with van der Waals surface area (Å²) in [6.07, 6.45) is 0. The third kappa shape index (κ3) is 2.08. The highest BCUT2D eigenvalue weighted by Crippen LogP contribution is 2.29. The van der Waals surface area contributed by atoms with E-state index < -0.39 is 11.9 Å². The summed E-state index contributed by atoms with van der Waals surface area (Å²) in [7, 11) is 0. The van der Waals surface area contributed by atoms with Crippen molar-refractivity contribution in [2.45, 2.75) is 11.8 Å². The van der Waals surface area contributed by atoms with E-state index in [1.54, 1.807) is 0 Å². The van der Waals surface area contributed by atoms with Gasteiger partial charge in [-0.05, 0) is 18.6 Å². The van der Waals surface area contributed by atoms with E-state index in [1.807, 2.05) is 0 Å². The second-order valence-corrected chi connectivity index (χ2v) is 3.72. The van der Waals surface area contributed by atoms with Crippen molar-refractivity contribution in [1.29, 1.82) is 0 Å². The zero-order valence-electron chi connectivity index (χ0n) is 7.61. The molecular formula is C9H7ClO4S. The predicted molar refractivity (Wildman–Crippen MR) is 57.4 cm³/mol. The summed E-state index contributed by atoms with van der Waals surface area (Å²) in [5.74, 6) is -2.51. The maximum atomic E-state index is 10.9. The van der Waals surface area contributed by atoms with Crippen LogP contribution >= 0.6 is 24.2 Å². The Morgan fingerprint density at radius 1 is 1.33 bits per heavy atom. The van der Waals surface area contributed by atoms with Gasteiger partial charge in [0.15, 0.2) is 0 Å². The van der Waals surface area contributed by atoms with Crippen molar-refractivity contribution < 1.29 is 19.8 Å². The smallest absolute Gasteiger partial charge is 0.337 e. The second-order valence-electron chi connectivity index (χ2n) is 2.86. The van der Waals surface area contributed by atoms with Gasteiger partial charge in [0.1, 0.15) is 0 Å². The van der Waals surface area contributed by atoms with E-state index in [4.69, 9.17) is 21.8 Å². The monoisotopic (exact) mass is 246 g/mol. The van der Waals surface area contributed by atoms with Crippen LogP contribution in [0.3, 0.4) is 0 Å². The zero-order chi connectivity index (χ0) is 11.7. The fourth-order valence-corrected chi connectivity index (χ4v) is 1.79. The lowest BCUT2D eigenvalue weighted by Gasteiger charge is -2.09. The summed E-state index contributed by atoms with van der Waals surface area (Å²) in [5.41, 5.74) is -0.0891. The average molecular weight is 247 g/mol. The minimum absolute atomic E-state index is 0.0862. The number of hydrogen-bond donors (Lipinski definition) is 3. The standard InChI is InChI=1S/C9H7ClO4S/c1-3-5(10)2-4(8(11)12)7(15)6(3)9(13)14/h2,15H,1H3,(H,11,12)(H,13,14). The van der Waals surface area contributed by atoms with Gasteiger partial charge in [0.2, 0.25) is 0 Å². The van der Waals surface area contributed by atoms with Gasteiger partial charge in [0.05, 0.1) is 11.1 Å². The molecule has 0 atom stereocenters. The Bertz CT molecular complexity index is 456. The highest BCUT2D eigenvalue weighted by molar-refractivity contribution is 7.80. The highest BCUT2D eigenvalue weighted by Gasteiger charge is 2.20. The molecule has 15 heavy (non-hydrogen) atoms. The van der Waals surface area contributed by atoms with Crippen LogP contribution in [0.5, 0.6) is 0 Å². The van der Waals surface area contributed by atoms with Gasteiger partial charge in [-0.2, -0.15) is 0 Å². The number of aromatic carboxylic acids is 2. The molecule has 0 aliphatic rings. The highest BCUT2D eigenvalue weighted by atomic mass is 35.5. The first-order valence-electron chi connectivity index (χ1n) is 3.85. The van der Waals surface area contributed by atoms with Gasteiger partial charge < -0.3 is 10.2 Å². The number of benzene rings is 1. The first-order valence-corrected chi connectivity index (χ1v) is 4.67. The molecule has 6 heteroatoms. The molecule has 0 unspecified atom stereocenters. The summed E-state index contributed by atoms with van der Waals surface area (Å²) in [6.45, 7) is 1.50. The third-order valence-corrected chi connectivity index (χ3v) is 2.80. The van der Waals surface area contributed by atoms with Crippen LogP contribution in [0, 0.1) is 6.92 Å². The normalized spacial score (nSPS) is 10.1. The maximum absolute atomic E-state index is 10.9. The molecule has 80 valence electrons. The molecule has 0 radical (unpaired) electrons. The molecule has 0 heterocycles. The molecule has 0 saturated heterocycles. The average Bonchev–Trinajstić information content (AvgIpc) is 2.10. The molecule has 0 bridgehead atoms. The lowest BCUT2D eigenvalue weighted by atomic mass is 10.0.